The van der Waals surface area contributed by atoms with Crippen LogP contribution in [0, 0.1) is 17.8 Å². The first-order valence-corrected chi connectivity index (χ1v) is 22.1. The lowest BCUT2D eigenvalue weighted by molar-refractivity contribution is -0.140. The molecule has 1 aliphatic rings. The number of Topliss-reactive ketones (excluding diaryl/α,β-unsaturated/α-hetero) is 2. The number of carbonyl (C=O) groups excluding carboxylic acids is 3. The monoisotopic (exact) mass is 624 g/mol. The lowest BCUT2D eigenvalue weighted by Gasteiger charge is -2.40. The number of unbranched alkanes of at least 4 members (excludes halogenated alkanes) is 1. The van der Waals surface area contributed by atoms with Gasteiger partial charge in [0, 0.05) is 37.5 Å². The molecule has 0 saturated heterocycles. The van der Waals surface area contributed by atoms with Crippen molar-refractivity contribution in [3.63, 3.8) is 0 Å². The van der Waals surface area contributed by atoms with E-state index in [1.54, 1.807) is 0 Å². The number of ketones is 2. The van der Waals surface area contributed by atoms with E-state index in [-0.39, 0.29) is 58.1 Å². The molecule has 0 aromatic rings. The van der Waals surface area contributed by atoms with Crippen molar-refractivity contribution in [3.05, 3.63) is 12.2 Å². The van der Waals surface area contributed by atoms with Crippen LogP contribution in [0.4, 0.5) is 0 Å². The molecule has 0 aromatic heterocycles. The minimum absolute atomic E-state index is 0.0153. The predicted molar refractivity (Wildman–Crippen MR) is 179 cm³/mol. The Morgan fingerprint density at radius 3 is 2.07 bits per heavy atom. The molecule has 42 heavy (non-hydrogen) atoms. The van der Waals surface area contributed by atoms with E-state index >= 15 is 0 Å². The molecule has 1 saturated carbocycles. The Bertz CT molecular complexity index is 912. The Morgan fingerprint density at radius 1 is 0.976 bits per heavy atom. The zero-order valence-electron chi connectivity index (χ0n) is 29.4. The normalized spacial score (nSPS) is 22.0. The van der Waals surface area contributed by atoms with Crippen LogP contribution in [-0.2, 0) is 28.0 Å². The van der Waals surface area contributed by atoms with E-state index in [0.29, 0.717) is 38.0 Å². The average molecular weight is 625 g/mol. The van der Waals surface area contributed by atoms with Gasteiger partial charge in [-0.1, -0.05) is 80.4 Å². The Balaban J connectivity index is 3.30. The summed E-state index contributed by atoms with van der Waals surface area (Å²) in [5.41, 5.74) is 0. The van der Waals surface area contributed by atoms with Crippen LogP contribution in [0.5, 0.6) is 0 Å². The highest BCUT2D eigenvalue weighted by atomic mass is 28.4. The van der Waals surface area contributed by atoms with Crippen LogP contribution in [-0.4, -0.2) is 53.5 Å². The molecule has 0 radical (unpaired) electrons. The molecule has 1 aliphatic carbocycles. The molecule has 0 heterocycles. The molecule has 244 valence electrons. The van der Waals surface area contributed by atoms with Gasteiger partial charge >= 0.3 is 5.97 Å². The summed E-state index contributed by atoms with van der Waals surface area (Å²) < 4.78 is 18.5. The van der Waals surface area contributed by atoms with E-state index in [0.717, 1.165) is 19.3 Å². The molecule has 8 heteroatoms. The summed E-state index contributed by atoms with van der Waals surface area (Å²) in [4.78, 5) is 38.0. The van der Waals surface area contributed by atoms with Gasteiger partial charge < -0.3 is 13.6 Å². The largest absolute Gasteiger partial charge is 0.469 e. The van der Waals surface area contributed by atoms with E-state index in [1.165, 1.54) is 7.11 Å². The van der Waals surface area contributed by atoms with Gasteiger partial charge in [0.15, 0.2) is 16.6 Å². The van der Waals surface area contributed by atoms with Crippen molar-refractivity contribution in [2.24, 2.45) is 17.8 Å². The quantitative estimate of drug-likeness (QED) is 0.0695. The standard InChI is InChI=1S/C34H64O6Si2/c1-14-17-25(2)22-27(39-41(10,11)33(3,4)5)20-21-28-29(23-26(35)18-15-16-19-32(37)38-9)30(36)24-31(28)40-42(12,13)34(6,7)8/h20-21,25,27-29,31H,14-19,22-24H2,1-13H3/t25-,27?,28+,29+,31?/m0/s1. The molecule has 0 amide bonds. The number of carbonyl (C=O) groups is 3. The van der Waals surface area contributed by atoms with E-state index in [9.17, 15) is 14.4 Å². The van der Waals surface area contributed by atoms with Crippen LogP contribution in [0.25, 0.3) is 0 Å². The van der Waals surface area contributed by atoms with Crippen molar-refractivity contribution in [2.75, 3.05) is 7.11 Å². The van der Waals surface area contributed by atoms with E-state index in [4.69, 9.17) is 13.6 Å². The van der Waals surface area contributed by atoms with Crippen molar-refractivity contribution in [2.45, 2.75) is 162 Å². The van der Waals surface area contributed by atoms with Crippen molar-refractivity contribution >= 4 is 34.2 Å². The fourth-order valence-corrected chi connectivity index (χ4v) is 7.80. The molecule has 0 bridgehead atoms. The summed E-state index contributed by atoms with van der Waals surface area (Å²) in [7, 11) is -2.80. The van der Waals surface area contributed by atoms with Gasteiger partial charge in [0.2, 0.25) is 0 Å². The van der Waals surface area contributed by atoms with Gasteiger partial charge in [0.1, 0.15) is 11.6 Å². The first kappa shape index (κ1) is 38.9. The maximum Gasteiger partial charge on any atom is 0.305 e. The van der Waals surface area contributed by atoms with Crippen LogP contribution < -0.4 is 0 Å². The van der Waals surface area contributed by atoms with E-state index in [2.05, 4.69) is 93.7 Å². The highest BCUT2D eigenvalue weighted by molar-refractivity contribution is 6.74. The molecule has 0 spiro atoms. The SMILES string of the molecule is CCC[C@H](C)CC(C=C[C@H]1C(O[Si](C)(C)C(C)(C)C)CC(=O)[C@@H]1CC(=O)CCCCC(=O)OC)O[Si](C)(C)C(C)(C)C. The Morgan fingerprint density at radius 2 is 1.55 bits per heavy atom. The summed E-state index contributed by atoms with van der Waals surface area (Å²) in [6.45, 7) is 27.0. The second-order valence-electron chi connectivity index (χ2n) is 15.7. The van der Waals surface area contributed by atoms with Gasteiger partial charge in [-0.2, -0.15) is 0 Å². The third-order valence-electron chi connectivity index (χ3n) is 9.94. The molecular formula is C34H64O6Si2. The topological polar surface area (TPSA) is 78.9 Å². The highest BCUT2D eigenvalue weighted by Gasteiger charge is 2.48. The second kappa shape index (κ2) is 16.3. The summed E-state index contributed by atoms with van der Waals surface area (Å²) in [6, 6.07) is 0. The van der Waals surface area contributed by atoms with Gasteiger partial charge in [-0.15, -0.1) is 0 Å². The lowest BCUT2D eigenvalue weighted by Crippen LogP contribution is -2.45. The molecule has 2 unspecified atom stereocenters. The molecule has 0 aromatic carbocycles. The van der Waals surface area contributed by atoms with Crippen LogP contribution in [0.2, 0.25) is 36.3 Å². The smallest absolute Gasteiger partial charge is 0.305 e. The van der Waals surface area contributed by atoms with Crippen molar-refractivity contribution < 1.29 is 28.0 Å². The number of esters is 1. The maximum absolute atomic E-state index is 13.5. The summed E-state index contributed by atoms with van der Waals surface area (Å²) in [5.74, 6) is -0.0655. The van der Waals surface area contributed by atoms with Gasteiger partial charge in [0.25, 0.3) is 0 Å². The molecular weight excluding hydrogens is 561 g/mol. The van der Waals surface area contributed by atoms with Crippen molar-refractivity contribution in [1.29, 1.82) is 0 Å². The van der Waals surface area contributed by atoms with Crippen molar-refractivity contribution in [1.82, 2.24) is 0 Å². The highest BCUT2D eigenvalue weighted by Crippen LogP contribution is 2.43. The zero-order chi connectivity index (χ0) is 32.5. The number of methoxy groups -OCH3 is 1. The van der Waals surface area contributed by atoms with Gasteiger partial charge in [-0.25, -0.2) is 0 Å². The van der Waals surface area contributed by atoms with Crippen LogP contribution in [0.15, 0.2) is 12.2 Å². The molecule has 5 atom stereocenters. The number of hydrogen-bond acceptors (Lipinski definition) is 6. The minimum Gasteiger partial charge on any atom is -0.469 e. The summed E-state index contributed by atoms with van der Waals surface area (Å²) in [6.07, 6.45) is 9.83. The van der Waals surface area contributed by atoms with Gasteiger partial charge in [-0.05, 0) is 61.4 Å². The first-order valence-electron chi connectivity index (χ1n) is 16.3. The Hall–Kier alpha value is -1.10. The summed E-state index contributed by atoms with van der Waals surface area (Å²) in [5, 5.41) is 0.106. The molecule has 1 rings (SSSR count). The average Bonchev–Trinajstić information content (AvgIpc) is 3.11. The van der Waals surface area contributed by atoms with E-state index in [1.807, 2.05) is 0 Å². The number of hydrogen-bond donors (Lipinski definition) is 0. The number of rotatable bonds is 17. The third-order valence-corrected chi connectivity index (χ3v) is 18.9. The molecule has 1 fully saturated rings. The lowest BCUT2D eigenvalue weighted by atomic mass is 9.87. The van der Waals surface area contributed by atoms with Gasteiger partial charge in [-0.3, -0.25) is 14.4 Å². The fraction of sp³-hybridized carbons (Fsp3) is 0.853. The van der Waals surface area contributed by atoms with Crippen molar-refractivity contribution in [3.8, 4) is 0 Å². The zero-order valence-corrected chi connectivity index (χ0v) is 31.4. The predicted octanol–water partition coefficient (Wildman–Crippen LogP) is 9.05. The molecule has 0 aliphatic heterocycles. The fourth-order valence-electron chi connectivity index (χ4n) is 5.16. The minimum atomic E-state index is -2.15. The third kappa shape index (κ3) is 12.1. The number of ether oxygens (including phenoxy) is 1. The first-order chi connectivity index (χ1) is 19.1. The Kier molecular flexibility index (Phi) is 15.1. The summed E-state index contributed by atoms with van der Waals surface area (Å²) >= 11 is 0. The van der Waals surface area contributed by atoms with Crippen LogP contribution >= 0.6 is 0 Å². The second-order valence-corrected chi connectivity index (χ2v) is 25.2. The molecule has 0 N–H and O–H groups in total. The Labute approximate surface area is 260 Å². The van der Waals surface area contributed by atoms with Gasteiger partial charge in [0.05, 0.1) is 19.3 Å². The molecule has 6 nitrogen and oxygen atoms in total. The van der Waals surface area contributed by atoms with Crippen LogP contribution in [0.1, 0.15) is 113 Å². The maximum atomic E-state index is 13.5. The van der Waals surface area contributed by atoms with Crippen LogP contribution in [0.3, 0.4) is 0 Å². The van der Waals surface area contributed by atoms with E-state index < -0.39 is 16.6 Å².